The minimum Gasteiger partial charge on any atom is -0.495 e. The third-order valence-electron chi connectivity index (χ3n) is 3.29. The lowest BCUT2D eigenvalue weighted by atomic mass is 10.2. The van der Waals surface area contributed by atoms with Crippen LogP contribution in [0.4, 0.5) is 5.69 Å². The van der Waals surface area contributed by atoms with Crippen LogP contribution in [0.2, 0.25) is 5.02 Å². The molecule has 5 nitrogen and oxygen atoms in total. The Balaban J connectivity index is 1.77. The van der Waals surface area contributed by atoms with Crippen molar-refractivity contribution in [2.75, 3.05) is 12.4 Å². The zero-order valence-corrected chi connectivity index (χ0v) is 12.2. The molecule has 0 bridgehead atoms. The molecule has 6 heteroatoms. The van der Waals surface area contributed by atoms with Crippen LogP contribution in [0, 0.1) is 0 Å². The molecule has 0 radical (unpaired) electrons. The molecule has 0 aliphatic heterocycles. The quantitative estimate of drug-likeness (QED) is 0.941. The van der Waals surface area contributed by atoms with Gasteiger partial charge in [0, 0.05) is 23.3 Å². The second-order valence-electron chi connectivity index (χ2n) is 4.90. The first kappa shape index (κ1) is 13.8. The molecule has 0 spiro atoms. The van der Waals surface area contributed by atoms with Crippen LogP contribution in [-0.4, -0.2) is 23.0 Å². The molecule has 0 saturated heterocycles. The number of benzene rings is 1. The normalized spacial score (nSPS) is 13.8. The summed E-state index contributed by atoms with van der Waals surface area (Å²) in [4.78, 5) is 20.7. The summed E-state index contributed by atoms with van der Waals surface area (Å²) in [7, 11) is 1.53. The Hall–Kier alpha value is -2.14. The Morgan fingerprint density at radius 1 is 1.33 bits per heavy atom. The van der Waals surface area contributed by atoms with Gasteiger partial charge in [-0.25, -0.2) is 9.97 Å². The van der Waals surface area contributed by atoms with Crippen molar-refractivity contribution < 1.29 is 9.53 Å². The second-order valence-corrected chi connectivity index (χ2v) is 5.34. The van der Waals surface area contributed by atoms with E-state index in [1.807, 2.05) is 0 Å². The monoisotopic (exact) mass is 303 g/mol. The first-order valence-electron chi connectivity index (χ1n) is 6.64. The van der Waals surface area contributed by atoms with Crippen LogP contribution in [0.1, 0.15) is 34.9 Å². The number of hydrogen-bond acceptors (Lipinski definition) is 4. The van der Waals surface area contributed by atoms with Crippen molar-refractivity contribution in [2.24, 2.45) is 0 Å². The molecule has 1 aliphatic carbocycles. The van der Waals surface area contributed by atoms with Gasteiger partial charge in [0.25, 0.3) is 5.91 Å². The SMILES string of the molecule is COc1ccc(Cl)cc1NC(=O)c1cnc(C2CC2)nc1. The number of nitrogens with one attached hydrogen (secondary N) is 1. The molecule has 1 fully saturated rings. The number of carbonyl (C=O) groups is 1. The number of methoxy groups -OCH3 is 1. The van der Waals surface area contributed by atoms with E-state index in [-0.39, 0.29) is 5.91 Å². The predicted molar refractivity (Wildman–Crippen MR) is 80.0 cm³/mol. The summed E-state index contributed by atoms with van der Waals surface area (Å²) in [6, 6.07) is 5.03. The maximum Gasteiger partial charge on any atom is 0.258 e. The molecule has 3 rings (SSSR count). The standard InChI is InChI=1S/C15H14ClN3O2/c1-21-13-5-4-11(16)6-12(13)19-15(20)10-7-17-14(18-8-10)9-2-3-9/h4-9H,2-3H2,1H3,(H,19,20). The summed E-state index contributed by atoms with van der Waals surface area (Å²) in [5.74, 6) is 1.53. The number of hydrogen-bond donors (Lipinski definition) is 1. The smallest absolute Gasteiger partial charge is 0.258 e. The number of carbonyl (C=O) groups excluding carboxylic acids is 1. The number of halogens is 1. The van der Waals surface area contributed by atoms with E-state index in [1.54, 1.807) is 30.6 Å². The lowest BCUT2D eigenvalue weighted by Crippen LogP contribution is -2.13. The lowest BCUT2D eigenvalue weighted by Gasteiger charge is -2.10. The van der Waals surface area contributed by atoms with Crippen molar-refractivity contribution in [3.63, 3.8) is 0 Å². The molecular weight excluding hydrogens is 290 g/mol. The van der Waals surface area contributed by atoms with Gasteiger partial charge >= 0.3 is 0 Å². The highest BCUT2D eigenvalue weighted by molar-refractivity contribution is 6.31. The van der Waals surface area contributed by atoms with Gasteiger partial charge in [-0.05, 0) is 31.0 Å². The summed E-state index contributed by atoms with van der Waals surface area (Å²) in [6.45, 7) is 0. The minimum absolute atomic E-state index is 0.294. The maximum absolute atomic E-state index is 12.2. The van der Waals surface area contributed by atoms with E-state index in [4.69, 9.17) is 16.3 Å². The highest BCUT2D eigenvalue weighted by atomic mass is 35.5. The number of nitrogens with zero attached hydrogens (tertiary/aromatic N) is 2. The van der Waals surface area contributed by atoms with Gasteiger partial charge < -0.3 is 10.1 Å². The first-order valence-corrected chi connectivity index (χ1v) is 7.02. The van der Waals surface area contributed by atoms with E-state index < -0.39 is 0 Å². The molecule has 0 unspecified atom stereocenters. The van der Waals surface area contributed by atoms with E-state index in [9.17, 15) is 4.79 Å². The maximum atomic E-state index is 12.2. The molecule has 1 saturated carbocycles. The van der Waals surface area contributed by atoms with Crippen molar-refractivity contribution >= 4 is 23.2 Å². The predicted octanol–water partition coefficient (Wildman–Crippen LogP) is 3.27. The van der Waals surface area contributed by atoms with Crippen LogP contribution < -0.4 is 10.1 Å². The molecule has 2 aromatic rings. The second kappa shape index (κ2) is 5.69. The van der Waals surface area contributed by atoms with Crippen LogP contribution in [0.5, 0.6) is 5.75 Å². The van der Waals surface area contributed by atoms with Crippen LogP contribution in [0.3, 0.4) is 0 Å². The molecule has 1 aromatic carbocycles. The average molecular weight is 304 g/mol. The molecule has 108 valence electrons. The van der Waals surface area contributed by atoms with Gasteiger partial charge in [-0.2, -0.15) is 0 Å². The average Bonchev–Trinajstić information content (AvgIpc) is 3.32. The third kappa shape index (κ3) is 3.13. The fraction of sp³-hybridized carbons (Fsp3) is 0.267. The van der Waals surface area contributed by atoms with Crippen LogP contribution in [0.15, 0.2) is 30.6 Å². The molecular formula is C15H14ClN3O2. The lowest BCUT2D eigenvalue weighted by molar-refractivity contribution is 0.102. The summed E-state index contributed by atoms with van der Waals surface area (Å²) in [6.07, 6.45) is 5.36. The topological polar surface area (TPSA) is 64.1 Å². The number of ether oxygens (including phenoxy) is 1. The number of aromatic nitrogens is 2. The van der Waals surface area contributed by atoms with Gasteiger partial charge in [0.1, 0.15) is 11.6 Å². The first-order chi connectivity index (χ1) is 10.2. The fourth-order valence-electron chi connectivity index (χ4n) is 1.98. The van der Waals surface area contributed by atoms with E-state index in [2.05, 4.69) is 15.3 Å². The van der Waals surface area contributed by atoms with Crippen molar-refractivity contribution in [1.82, 2.24) is 9.97 Å². The van der Waals surface area contributed by atoms with Gasteiger partial charge in [0.2, 0.25) is 0 Å². The number of rotatable bonds is 4. The molecule has 1 aromatic heterocycles. The van der Waals surface area contributed by atoms with Gasteiger partial charge in [-0.1, -0.05) is 11.6 Å². The molecule has 1 aliphatic rings. The van der Waals surface area contributed by atoms with Gasteiger partial charge in [0.05, 0.1) is 18.4 Å². The van der Waals surface area contributed by atoms with E-state index >= 15 is 0 Å². The Bertz CT molecular complexity index is 669. The van der Waals surface area contributed by atoms with E-state index in [0.717, 1.165) is 18.7 Å². The summed E-state index contributed by atoms with van der Waals surface area (Å²) < 4.78 is 5.19. The Labute approximate surface area is 127 Å². The number of amides is 1. The van der Waals surface area contributed by atoms with Crippen molar-refractivity contribution in [2.45, 2.75) is 18.8 Å². The van der Waals surface area contributed by atoms with Gasteiger partial charge in [-0.15, -0.1) is 0 Å². The Morgan fingerprint density at radius 2 is 2.05 bits per heavy atom. The zero-order valence-electron chi connectivity index (χ0n) is 11.5. The minimum atomic E-state index is -0.294. The van der Waals surface area contributed by atoms with Crippen molar-refractivity contribution in [3.8, 4) is 5.75 Å². The van der Waals surface area contributed by atoms with Crippen molar-refractivity contribution in [1.29, 1.82) is 0 Å². The third-order valence-corrected chi connectivity index (χ3v) is 3.52. The molecule has 1 amide bonds. The Kier molecular flexibility index (Phi) is 3.75. The zero-order chi connectivity index (χ0) is 14.8. The van der Waals surface area contributed by atoms with Crippen LogP contribution in [0.25, 0.3) is 0 Å². The highest BCUT2D eigenvalue weighted by Crippen LogP contribution is 2.37. The van der Waals surface area contributed by atoms with Gasteiger partial charge in [0.15, 0.2) is 0 Å². The summed E-state index contributed by atoms with van der Waals surface area (Å²) in [5.41, 5.74) is 0.919. The van der Waals surface area contributed by atoms with Crippen LogP contribution >= 0.6 is 11.6 Å². The van der Waals surface area contributed by atoms with Crippen molar-refractivity contribution in [3.05, 3.63) is 47.0 Å². The molecule has 1 N–H and O–H groups in total. The highest BCUT2D eigenvalue weighted by Gasteiger charge is 2.26. The molecule has 1 heterocycles. The van der Waals surface area contributed by atoms with Gasteiger partial charge in [-0.3, -0.25) is 4.79 Å². The Morgan fingerprint density at radius 3 is 2.67 bits per heavy atom. The van der Waals surface area contributed by atoms with E-state index in [1.165, 1.54) is 7.11 Å². The van der Waals surface area contributed by atoms with Crippen LogP contribution in [-0.2, 0) is 0 Å². The molecule has 21 heavy (non-hydrogen) atoms. The number of anilines is 1. The van der Waals surface area contributed by atoms with E-state index in [0.29, 0.717) is 27.9 Å². The largest absolute Gasteiger partial charge is 0.495 e. The summed E-state index contributed by atoms with van der Waals surface area (Å²) >= 11 is 5.93. The summed E-state index contributed by atoms with van der Waals surface area (Å²) in [5, 5.41) is 3.27. The molecule has 0 atom stereocenters. The fourth-order valence-corrected chi connectivity index (χ4v) is 2.15.